The summed E-state index contributed by atoms with van der Waals surface area (Å²) in [5.41, 5.74) is 1.43. The Kier molecular flexibility index (Phi) is 5.66. The van der Waals surface area contributed by atoms with Crippen molar-refractivity contribution in [2.75, 3.05) is 39.3 Å². The maximum atomic E-state index is 12.3. The lowest BCUT2D eigenvalue weighted by molar-refractivity contribution is -0.139. The van der Waals surface area contributed by atoms with E-state index in [0.29, 0.717) is 45.2 Å². The van der Waals surface area contributed by atoms with Gasteiger partial charge >= 0.3 is 6.03 Å². The van der Waals surface area contributed by atoms with Crippen molar-refractivity contribution in [2.45, 2.75) is 44.7 Å². The molecule has 0 aromatic rings. The largest absolute Gasteiger partial charge is 0.352 e. The van der Waals surface area contributed by atoms with E-state index in [-0.39, 0.29) is 12.5 Å². The fraction of sp³-hybridized carbons (Fsp3) is 0.765. The van der Waals surface area contributed by atoms with Crippen molar-refractivity contribution in [3.8, 4) is 0 Å². The number of urea groups is 1. The quantitative estimate of drug-likeness (QED) is 0.470. The van der Waals surface area contributed by atoms with Gasteiger partial charge in [0.2, 0.25) is 5.91 Å². The zero-order chi connectivity index (χ0) is 19.6. The van der Waals surface area contributed by atoms with E-state index < -0.39 is 23.4 Å². The second-order valence-corrected chi connectivity index (χ2v) is 7.69. The third-order valence-electron chi connectivity index (χ3n) is 5.35. The van der Waals surface area contributed by atoms with Crippen LogP contribution in [0.5, 0.6) is 0 Å². The highest BCUT2D eigenvalue weighted by atomic mass is 16.2. The number of piperazine rings is 1. The highest BCUT2D eigenvalue weighted by molar-refractivity contribution is 6.07. The minimum atomic E-state index is -0.975. The maximum absolute atomic E-state index is 12.3. The van der Waals surface area contributed by atoms with Crippen molar-refractivity contribution in [1.29, 1.82) is 0 Å². The highest BCUT2D eigenvalue weighted by Crippen LogP contribution is 2.19. The highest BCUT2D eigenvalue weighted by Gasteiger charge is 2.47. The molecule has 0 bridgehead atoms. The van der Waals surface area contributed by atoms with Crippen LogP contribution in [-0.4, -0.2) is 89.4 Å². The number of hydrogen-bond donors (Lipinski definition) is 3. The van der Waals surface area contributed by atoms with Crippen molar-refractivity contribution < 1.29 is 19.2 Å². The van der Waals surface area contributed by atoms with Crippen LogP contribution in [0, 0.1) is 0 Å². The van der Waals surface area contributed by atoms with Crippen LogP contribution < -0.4 is 16.1 Å². The van der Waals surface area contributed by atoms with Gasteiger partial charge in [-0.2, -0.15) is 5.01 Å². The van der Waals surface area contributed by atoms with Gasteiger partial charge in [0.15, 0.2) is 0 Å². The van der Waals surface area contributed by atoms with Gasteiger partial charge < -0.3 is 10.6 Å². The fourth-order valence-electron chi connectivity index (χ4n) is 3.20. The Balaban J connectivity index is 1.40. The smallest absolute Gasteiger partial charge is 0.344 e. The van der Waals surface area contributed by atoms with Crippen molar-refractivity contribution in [2.24, 2.45) is 0 Å². The summed E-state index contributed by atoms with van der Waals surface area (Å²) in [7, 11) is 0. The number of amides is 5. The van der Waals surface area contributed by atoms with Crippen LogP contribution in [0.4, 0.5) is 4.79 Å². The van der Waals surface area contributed by atoms with Crippen LogP contribution in [0.1, 0.15) is 33.1 Å². The average Bonchev–Trinajstić information content (AvgIpc) is 3.40. The lowest BCUT2D eigenvalue weighted by atomic mass is 10.00. The van der Waals surface area contributed by atoms with Gasteiger partial charge in [-0.3, -0.25) is 29.6 Å². The first-order valence-electron chi connectivity index (χ1n) is 9.51. The van der Waals surface area contributed by atoms with E-state index in [1.165, 1.54) is 0 Å². The second kappa shape index (κ2) is 7.81. The van der Waals surface area contributed by atoms with Gasteiger partial charge in [-0.1, -0.05) is 6.92 Å². The Morgan fingerprint density at radius 1 is 1.07 bits per heavy atom. The van der Waals surface area contributed by atoms with Crippen LogP contribution in [0.3, 0.4) is 0 Å². The summed E-state index contributed by atoms with van der Waals surface area (Å²) >= 11 is 0. The van der Waals surface area contributed by atoms with Crippen LogP contribution in [0.2, 0.25) is 0 Å². The van der Waals surface area contributed by atoms with E-state index in [2.05, 4.69) is 21.0 Å². The first-order valence-corrected chi connectivity index (χ1v) is 9.51. The Morgan fingerprint density at radius 2 is 1.63 bits per heavy atom. The molecule has 0 radical (unpaired) electrons. The summed E-state index contributed by atoms with van der Waals surface area (Å²) in [6.45, 7) is 6.61. The standard InChI is InChI=1S/C17H28N6O4/c1-3-17(2)15(26)23(16(27)19-17)20-14(25)11-22-8-6-21(7-9-22)10-13(24)18-12-4-5-12/h12H,3-11H2,1-2H3,(H,18,24)(H,19,27)(H,20,25)/t17-/m1/s1. The number of hydrogen-bond acceptors (Lipinski definition) is 6. The zero-order valence-corrected chi connectivity index (χ0v) is 15.9. The van der Waals surface area contributed by atoms with Gasteiger partial charge in [0, 0.05) is 32.2 Å². The molecule has 0 aromatic carbocycles. The first kappa shape index (κ1) is 19.6. The van der Waals surface area contributed by atoms with Crippen LogP contribution in [0.15, 0.2) is 0 Å². The molecule has 3 fully saturated rings. The van der Waals surface area contributed by atoms with Gasteiger partial charge in [-0.05, 0) is 26.2 Å². The fourth-order valence-corrected chi connectivity index (χ4v) is 3.20. The predicted octanol–water partition coefficient (Wildman–Crippen LogP) is -1.37. The summed E-state index contributed by atoms with van der Waals surface area (Å²) < 4.78 is 0. The molecule has 1 saturated carbocycles. The number of nitrogens with zero attached hydrogens (tertiary/aromatic N) is 3. The van der Waals surface area contributed by atoms with E-state index in [4.69, 9.17) is 0 Å². The number of carbonyl (C=O) groups is 4. The predicted molar refractivity (Wildman–Crippen MR) is 96.3 cm³/mol. The Bertz CT molecular complexity index is 629. The maximum Gasteiger partial charge on any atom is 0.344 e. The molecule has 2 saturated heterocycles. The van der Waals surface area contributed by atoms with E-state index in [1.54, 1.807) is 13.8 Å². The van der Waals surface area contributed by atoms with Crippen molar-refractivity contribution in [3.05, 3.63) is 0 Å². The van der Waals surface area contributed by atoms with E-state index >= 15 is 0 Å². The van der Waals surface area contributed by atoms with Gasteiger partial charge in [0.25, 0.3) is 11.8 Å². The topological polar surface area (TPSA) is 114 Å². The Labute approximate surface area is 158 Å². The number of carbonyl (C=O) groups excluding carboxylic acids is 4. The zero-order valence-electron chi connectivity index (χ0n) is 15.9. The normalized spacial score (nSPS) is 26.8. The SMILES string of the molecule is CC[C@@]1(C)NC(=O)N(NC(=O)CN2CCN(CC(=O)NC3CC3)CC2)C1=O. The molecule has 2 heterocycles. The number of rotatable bonds is 7. The summed E-state index contributed by atoms with van der Waals surface area (Å²) in [5.74, 6) is -0.796. The molecule has 150 valence electrons. The third-order valence-corrected chi connectivity index (χ3v) is 5.35. The molecule has 1 aliphatic carbocycles. The molecule has 0 aromatic heterocycles. The van der Waals surface area contributed by atoms with E-state index in [1.807, 2.05) is 4.90 Å². The molecule has 2 aliphatic heterocycles. The summed E-state index contributed by atoms with van der Waals surface area (Å²) in [4.78, 5) is 52.3. The summed E-state index contributed by atoms with van der Waals surface area (Å²) in [5, 5.41) is 6.33. The monoisotopic (exact) mass is 380 g/mol. The summed E-state index contributed by atoms with van der Waals surface area (Å²) in [6.07, 6.45) is 2.59. The molecule has 10 heteroatoms. The van der Waals surface area contributed by atoms with Crippen molar-refractivity contribution >= 4 is 23.8 Å². The average molecular weight is 380 g/mol. The second-order valence-electron chi connectivity index (χ2n) is 7.69. The summed E-state index contributed by atoms with van der Waals surface area (Å²) in [6, 6.07) is -0.244. The number of hydrazine groups is 1. The van der Waals surface area contributed by atoms with Crippen LogP contribution >= 0.6 is 0 Å². The van der Waals surface area contributed by atoms with E-state index in [9.17, 15) is 19.2 Å². The molecule has 27 heavy (non-hydrogen) atoms. The minimum Gasteiger partial charge on any atom is -0.352 e. The number of imide groups is 1. The van der Waals surface area contributed by atoms with Gasteiger partial charge in [-0.15, -0.1) is 0 Å². The first-order chi connectivity index (χ1) is 12.8. The van der Waals surface area contributed by atoms with Crippen LogP contribution in [-0.2, 0) is 14.4 Å². The molecule has 3 N–H and O–H groups in total. The Morgan fingerprint density at radius 3 is 2.11 bits per heavy atom. The third kappa shape index (κ3) is 4.75. The lowest BCUT2D eigenvalue weighted by Crippen LogP contribution is -2.54. The lowest BCUT2D eigenvalue weighted by Gasteiger charge is -2.34. The van der Waals surface area contributed by atoms with Gasteiger partial charge in [0.05, 0.1) is 13.1 Å². The van der Waals surface area contributed by atoms with Crippen LogP contribution in [0.25, 0.3) is 0 Å². The minimum absolute atomic E-state index is 0.0567. The molecular formula is C17H28N6O4. The molecular weight excluding hydrogens is 352 g/mol. The number of nitrogens with one attached hydrogen (secondary N) is 3. The molecule has 0 unspecified atom stereocenters. The van der Waals surface area contributed by atoms with Gasteiger partial charge in [0.1, 0.15) is 5.54 Å². The molecule has 1 atom stereocenters. The molecule has 3 aliphatic rings. The van der Waals surface area contributed by atoms with E-state index in [0.717, 1.165) is 17.9 Å². The molecule has 10 nitrogen and oxygen atoms in total. The van der Waals surface area contributed by atoms with Crippen molar-refractivity contribution in [3.63, 3.8) is 0 Å². The Hall–Kier alpha value is -2.20. The van der Waals surface area contributed by atoms with Gasteiger partial charge in [-0.25, -0.2) is 4.79 Å². The van der Waals surface area contributed by atoms with Crippen molar-refractivity contribution in [1.82, 2.24) is 30.9 Å². The molecule has 0 spiro atoms. The molecule has 5 amide bonds. The molecule has 3 rings (SSSR count).